The van der Waals surface area contributed by atoms with Crippen LogP contribution < -0.4 is 22.5 Å². The first-order valence-electron chi connectivity index (χ1n) is 5.75. The molecule has 0 amide bonds. The fraction of sp³-hybridized carbons (Fsp3) is 0. The molecule has 21 heavy (non-hydrogen) atoms. The van der Waals surface area contributed by atoms with Crippen molar-refractivity contribution in [2.45, 2.75) is 0 Å². The highest BCUT2D eigenvalue weighted by Crippen LogP contribution is 2.25. The number of nitrogen functional groups attached to an aromatic ring is 2. The van der Waals surface area contributed by atoms with Crippen LogP contribution >= 0.6 is 7.82 Å². The summed E-state index contributed by atoms with van der Waals surface area (Å²) in [7, 11) is -4.64. The zero-order valence-corrected chi connectivity index (χ0v) is 11.9. The molecule has 0 unspecified atom stereocenters. The highest BCUT2D eigenvalue weighted by molar-refractivity contribution is 7.45. The summed E-state index contributed by atoms with van der Waals surface area (Å²) in [5.41, 5.74) is 9.26. The van der Waals surface area contributed by atoms with E-state index >= 15 is 0 Å². The molecule has 0 aliphatic rings. The lowest BCUT2D eigenvalue weighted by atomic mass is 10.1. The molecule has 0 aliphatic heterocycles. The van der Waals surface area contributed by atoms with Crippen LogP contribution in [0.15, 0.2) is 48.5 Å². The van der Waals surface area contributed by atoms with Crippen LogP contribution in [0.2, 0.25) is 0 Å². The topological polar surface area (TPSA) is 154 Å². The van der Waals surface area contributed by atoms with Gasteiger partial charge in [-0.25, -0.2) is 4.57 Å². The van der Waals surface area contributed by atoms with Crippen molar-refractivity contribution >= 4 is 19.2 Å². The maximum Gasteiger partial charge on any atom is 0.466 e. The van der Waals surface area contributed by atoms with E-state index in [1.807, 2.05) is 48.5 Å². The fourth-order valence-electron chi connectivity index (χ4n) is 1.52. The number of benzene rings is 2. The van der Waals surface area contributed by atoms with Gasteiger partial charge in [0.15, 0.2) is 0 Å². The Bertz CT molecular complexity index is 544. The Kier molecular flexibility index (Phi) is 6.32. The minimum atomic E-state index is -4.64. The van der Waals surface area contributed by atoms with E-state index in [0.29, 0.717) is 0 Å². The minimum absolute atomic E-state index is 0.893. The summed E-state index contributed by atoms with van der Waals surface area (Å²) in [5, 5.41) is 0. The third kappa shape index (κ3) is 6.87. The molecule has 0 atom stereocenters. The molecule has 114 valence electrons. The number of phosphoric acid groups is 1. The Morgan fingerprint density at radius 1 is 0.714 bits per heavy atom. The van der Waals surface area contributed by atoms with Gasteiger partial charge in [-0.05, 0) is 35.4 Å². The molecule has 0 saturated heterocycles. The molecule has 0 aromatic heterocycles. The highest BCUT2D eigenvalue weighted by atomic mass is 31.2. The van der Waals surface area contributed by atoms with Gasteiger partial charge in [0.05, 0.1) is 0 Å². The predicted molar refractivity (Wildman–Crippen MR) is 81.8 cm³/mol. The molecule has 2 aromatic carbocycles. The van der Waals surface area contributed by atoms with E-state index in [2.05, 4.69) is 10.9 Å². The second-order valence-electron chi connectivity index (χ2n) is 3.96. The van der Waals surface area contributed by atoms with Crippen LogP contribution in [0.5, 0.6) is 0 Å². The maximum atomic E-state index is 8.88. The second kappa shape index (κ2) is 7.75. The zero-order valence-electron chi connectivity index (χ0n) is 11.0. The van der Waals surface area contributed by atoms with Crippen LogP contribution in [0.4, 0.5) is 11.4 Å². The van der Waals surface area contributed by atoms with Crippen LogP contribution in [0.25, 0.3) is 11.1 Å². The van der Waals surface area contributed by atoms with E-state index in [4.69, 9.17) is 30.9 Å². The molecule has 8 nitrogen and oxygen atoms in total. The molecule has 0 radical (unpaired) electrons. The summed E-state index contributed by atoms with van der Waals surface area (Å²) in [6, 6.07) is 15.8. The van der Waals surface area contributed by atoms with Gasteiger partial charge < -0.3 is 25.5 Å². The summed E-state index contributed by atoms with van der Waals surface area (Å²) >= 11 is 0. The van der Waals surface area contributed by atoms with Crippen molar-refractivity contribution in [2.75, 3.05) is 10.9 Å². The van der Waals surface area contributed by atoms with Gasteiger partial charge in [0.2, 0.25) is 0 Å². The number of hydrogen-bond donors (Lipinski definition) is 7. The normalized spacial score (nSPS) is 10.3. The quantitative estimate of drug-likeness (QED) is 0.251. The van der Waals surface area contributed by atoms with Crippen molar-refractivity contribution in [3.05, 3.63) is 48.5 Å². The van der Waals surface area contributed by atoms with Crippen LogP contribution in [-0.4, -0.2) is 14.7 Å². The second-order valence-corrected chi connectivity index (χ2v) is 4.98. The molecular formula is C12H17N4O4P. The average molecular weight is 312 g/mol. The maximum absolute atomic E-state index is 8.88. The van der Waals surface area contributed by atoms with Crippen molar-refractivity contribution < 1.29 is 19.2 Å². The highest BCUT2D eigenvalue weighted by Gasteiger charge is 2.00. The smallest absolute Gasteiger partial charge is 0.324 e. The SMILES string of the molecule is NNc1ccc(-c2ccc(NN)cc2)cc1.O=P(O)(O)O. The zero-order chi connectivity index (χ0) is 15.9. The van der Waals surface area contributed by atoms with Crippen molar-refractivity contribution in [3.8, 4) is 11.1 Å². The lowest BCUT2D eigenvalue weighted by Crippen LogP contribution is -2.06. The first-order valence-corrected chi connectivity index (χ1v) is 7.32. The molecule has 9 heteroatoms. The van der Waals surface area contributed by atoms with Crippen LogP contribution in [0.3, 0.4) is 0 Å². The molecule has 9 N–H and O–H groups in total. The molecule has 0 aliphatic carbocycles. The number of nitrogens with one attached hydrogen (secondary N) is 2. The van der Waals surface area contributed by atoms with Crippen LogP contribution in [-0.2, 0) is 4.57 Å². The Hall–Kier alpha value is -1.93. The van der Waals surface area contributed by atoms with E-state index in [0.717, 1.165) is 22.5 Å². The molecule has 0 saturated carbocycles. The van der Waals surface area contributed by atoms with E-state index in [1.165, 1.54) is 0 Å². The van der Waals surface area contributed by atoms with Gasteiger partial charge in [-0.1, -0.05) is 24.3 Å². The number of nitrogens with two attached hydrogens (primary N) is 2. The van der Waals surface area contributed by atoms with E-state index in [-0.39, 0.29) is 0 Å². The predicted octanol–water partition coefficient (Wildman–Crippen LogP) is 0.996. The summed E-state index contributed by atoms with van der Waals surface area (Å²) in [6.45, 7) is 0. The van der Waals surface area contributed by atoms with Crippen molar-refractivity contribution in [1.29, 1.82) is 0 Å². The molecule has 0 bridgehead atoms. The van der Waals surface area contributed by atoms with Gasteiger partial charge in [0.1, 0.15) is 0 Å². The monoisotopic (exact) mass is 312 g/mol. The lowest BCUT2D eigenvalue weighted by molar-refractivity contribution is 0.275. The Labute approximate surface area is 121 Å². The van der Waals surface area contributed by atoms with Crippen molar-refractivity contribution in [1.82, 2.24) is 0 Å². The van der Waals surface area contributed by atoms with E-state index in [1.54, 1.807) is 0 Å². The van der Waals surface area contributed by atoms with Crippen LogP contribution in [0, 0.1) is 0 Å². The molecule has 2 rings (SSSR count). The summed E-state index contributed by atoms with van der Waals surface area (Å²) in [5.74, 6) is 10.6. The fourth-order valence-corrected chi connectivity index (χ4v) is 1.52. The first-order chi connectivity index (χ1) is 9.83. The van der Waals surface area contributed by atoms with Gasteiger partial charge >= 0.3 is 7.82 Å². The average Bonchev–Trinajstić information content (AvgIpc) is 2.46. The third-order valence-electron chi connectivity index (χ3n) is 2.44. The standard InChI is InChI=1S/C12H14N4.H3O4P/c13-15-11-5-1-9(2-6-11)10-3-7-12(16-14)8-4-10;1-5(2,3)4/h1-8,15-16H,13-14H2;(H3,1,2,3,4). The van der Waals surface area contributed by atoms with Gasteiger partial charge in [-0.2, -0.15) is 0 Å². The summed E-state index contributed by atoms with van der Waals surface area (Å²) in [6.07, 6.45) is 0. The Morgan fingerprint density at radius 2 is 0.952 bits per heavy atom. The molecular weight excluding hydrogens is 295 g/mol. The van der Waals surface area contributed by atoms with Gasteiger partial charge in [0.25, 0.3) is 0 Å². The first kappa shape index (κ1) is 17.1. The number of rotatable bonds is 3. The van der Waals surface area contributed by atoms with Crippen LogP contribution in [0.1, 0.15) is 0 Å². The largest absolute Gasteiger partial charge is 0.466 e. The molecule has 2 aromatic rings. The Balaban J connectivity index is 0.000000383. The van der Waals surface area contributed by atoms with Gasteiger partial charge in [-0.15, -0.1) is 0 Å². The summed E-state index contributed by atoms with van der Waals surface area (Å²) in [4.78, 5) is 21.6. The molecule has 0 spiro atoms. The van der Waals surface area contributed by atoms with Gasteiger partial charge in [0, 0.05) is 11.4 Å². The van der Waals surface area contributed by atoms with Crippen molar-refractivity contribution in [2.24, 2.45) is 11.7 Å². The molecule has 0 fully saturated rings. The van der Waals surface area contributed by atoms with E-state index in [9.17, 15) is 0 Å². The number of hydrazine groups is 2. The van der Waals surface area contributed by atoms with Gasteiger partial charge in [-0.3, -0.25) is 11.7 Å². The summed E-state index contributed by atoms with van der Waals surface area (Å²) < 4.78 is 8.88. The Morgan fingerprint density at radius 3 is 1.14 bits per heavy atom. The van der Waals surface area contributed by atoms with E-state index < -0.39 is 7.82 Å². The third-order valence-corrected chi connectivity index (χ3v) is 2.44. The lowest BCUT2D eigenvalue weighted by Gasteiger charge is -2.05. The minimum Gasteiger partial charge on any atom is -0.324 e. The molecule has 0 heterocycles. The number of hydrogen-bond acceptors (Lipinski definition) is 5. The number of anilines is 2. The van der Waals surface area contributed by atoms with Crippen molar-refractivity contribution in [3.63, 3.8) is 0 Å².